The van der Waals surface area contributed by atoms with Crippen molar-refractivity contribution >= 4 is 5.91 Å². The second-order valence-electron chi connectivity index (χ2n) is 4.78. The topological polar surface area (TPSA) is 53.4 Å². The van der Waals surface area contributed by atoms with Gasteiger partial charge in [0, 0.05) is 32.4 Å². The molecular formula is C15H20N2O2. The maximum Gasteiger partial charge on any atom is 0.254 e. The number of aliphatic hydroxyl groups is 1. The fourth-order valence-corrected chi connectivity index (χ4v) is 1.73. The molecule has 0 saturated heterocycles. The summed E-state index contributed by atoms with van der Waals surface area (Å²) in [6, 6.07) is 1.68. The number of carbonyl (C=O) groups excluding carboxylic acids is 1. The predicted octanol–water partition coefficient (Wildman–Crippen LogP) is 1.54. The average molecular weight is 260 g/mol. The summed E-state index contributed by atoms with van der Waals surface area (Å²) in [6.07, 6.45) is 3.57. The highest BCUT2D eigenvalue weighted by Gasteiger charge is 2.15. The van der Waals surface area contributed by atoms with E-state index in [1.165, 1.54) is 0 Å². The Kier molecular flexibility index (Phi) is 6.04. The van der Waals surface area contributed by atoms with Gasteiger partial charge in [0.2, 0.25) is 0 Å². The molecule has 4 nitrogen and oxygen atoms in total. The van der Waals surface area contributed by atoms with Gasteiger partial charge in [0.25, 0.3) is 5.91 Å². The first-order valence-corrected chi connectivity index (χ1v) is 6.35. The lowest BCUT2D eigenvalue weighted by Gasteiger charge is -2.19. The van der Waals surface area contributed by atoms with Crippen molar-refractivity contribution in [3.63, 3.8) is 0 Å². The summed E-state index contributed by atoms with van der Waals surface area (Å²) >= 11 is 0. The number of aromatic nitrogens is 1. The highest BCUT2D eigenvalue weighted by atomic mass is 16.2. The highest BCUT2D eigenvalue weighted by molar-refractivity contribution is 5.96. The van der Waals surface area contributed by atoms with Gasteiger partial charge in [-0.2, -0.15) is 0 Å². The first kappa shape index (κ1) is 15.2. The Morgan fingerprint density at radius 1 is 1.53 bits per heavy atom. The van der Waals surface area contributed by atoms with Crippen LogP contribution in [0.4, 0.5) is 0 Å². The Bertz CT molecular complexity index is 486. The van der Waals surface area contributed by atoms with Gasteiger partial charge in [0.05, 0.1) is 17.7 Å². The molecule has 0 saturated carbocycles. The standard InChI is InChI=1S/C15H20N2O2/c1-12(2)11-17(3)15(19)14-7-8-16-10-13(14)6-4-5-9-18/h7-8,10,12,18H,5,9,11H2,1-3H3. The number of pyridine rings is 1. The van der Waals surface area contributed by atoms with Crippen molar-refractivity contribution < 1.29 is 9.90 Å². The normalized spacial score (nSPS) is 9.95. The van der Waals surface area contributed by atoms with Crippen LogP contribution in [-0.4, -0.2) is 41.1 Å². The molecule has 1 N–H and O–H groups in total. The van der Waals surface area contributed by atoms with Crippen LogP contribution in [0.5, 0.6) is 0 Å². The number of rotatable bonds is 4. The third-order valence-corrected chi connectivity index (χ3v) is 2.50. The number of nitrogens with zero attached hydrogens (tertiary/aromatic N) is 2. The minimum atomic E-state index is -0.0515. The molecule has 1 aromatic heterocycles. The SMILES string of the molecule is CC(C)CN(C)C(=O)c1ccncc1C#CCCO. The number of carbonyl (C=O) groups is 1. The third-order valence-electron chi connectivity index (χ3n) is 2.50. The minimum absolute atomic E-state index is 0.0177. The number of aliphatic hydroxyl groups excluding tert-OH is 1. The van der Waals surface area contributed by atoms with Gasteiger partial charge in [0.1, 0.15) is 0 Å². The molecule has 0 bridgehead atoms. The second-order valence-corrected chi connectivity index (χ2v) is 4.78. The fraction of sp³-hybridized carbons (Fsp3) is 0.467. The van der Waals surface area contributed by atoms with Gasteiger partial charge in [0.15, 0.2) is 0 Å². The van der Waals surface area contributed by atoms with Gasteiger partial charge in [-0.25, -0.2) is 0 Å². The van der Waals surface area contributed by atoms with Crippen LogP contribution in [0.3, 0.4) is 0 Å². The zero-order valence-electron chi connectivity index (χ0n) is 11.7. The lowest BCUT2D eigenvalue weighted by atomic mass is 10.1. The number of amides is 1. The Morgan fingerprint density at radius 2 is 2.26 bits per heavy atom. The monoisotopic (exact) mass is 260 g/mol. The summed E-state index contributed by atoms with van der Waals surface area (Å²) in [6.45, 7) is 4.85. The molecule has 0 unspecified atom stereocenters. The molecule has 1 amide bonds. The van der Waals surface area contributed by atoms with Crippen LogP contribution in [-0.2, 0) is 0 Å². The first-order valence-electron chi connectivity index (χ1n) is 6.35. The Morgan fingerprint density at radius 3 is 2.89 bits per heavy atom. The van der Waals surface area contributed by atoms with Crippen LogP contribution < -0.4 is 0 Å². The van der Waals surface area contributed by atoms with Crippen molar-refractivity contribution in [2.24, 2.45) is 5.92 Å². The molecule has 4 heteroatoms. The lowest BCUT2D eigenvalue weighted by molar-refractivity contribution is 0.0779. The Hall–Kier alpha value is -1.86. The van der Waals surface area contributed by atoms with Crippen molar-refractivity contribution in [1.29, 1.82) is 0 Å². The van der Waals surface area contributed by atoms with Crippen LogP contribution in [0.2, 0.25) is 0 Å². The maximum atomic E-state index is 12.3. The van der Waals surface area contributed by atoms with Crippen molar-refractivity contribution in [3.05, 3.63) is 29.6 Å². The second kappa shape index (κ2) is 7.55. The molecule has 0 aliphatic rings. The van der Waals surface area contributed by atoms with E-state index in [9.17, 15) is 4.79 Å². The van der Waals surface area contributed by atoms with Gasteiger partial charge >= 0.3 is 0 Å². The van der Waals surface area contributed by atoms with Crippen LogP contribution in [0, 0.1) is 17.8 Å². The van der Waals surface area contributed by atoms with E-state index < -0.39 is 0 Å². The van der Waals surface area contributed by atoms with Crippen molar-refractivity contribution in [2.45, 2.75) is 20.3 Å². The van der Waals surface area contributed by atoms with Crippen molar-refractivity contribution in [3.8, 4) is 11.8 Å². The molecule has 0 fully saturated rings. The molecule has 0 aliphatic heterocycles. The molecule has 0 aliphatic carbocycles. The molecule has 0 radical (unpaired) electrons. The van der Waals surface area contributed by atoms with Gasteiger partial charge < -0.3 is 10.0 Å². The molecule has 1 aromatic rings. The molecule has 1 heterocycles. The van der Waals surface area contributed by atoms with E-state index in [1.807, 2.05) is 0 Å². The zero-order valence-corrected chi connectivity index (χ0v) is 11.7. The van der Waals surface area contributed by atoms with Crippen LogP contribution >= 0.6 is 0 Å². The van der Waals surface area contributed by atoms with Crippen molar-refractivity contribution in [2.75, 3.05) is 20.2 Å². The summed E-state index contributed by atoms with van der Waals surface area (Å²) in [7, 11) is 1.79. The Balaban J connectivity index is 2.94. The average Bonchev–Trinajstić information content (AvgIpc) is 2.38. The maximum absolute atomic E-state index is 12.3. The molecule has 0 atom stereocenters. The summed E-state index contributed by atoms with van der Waals surface area (Å²) in [5.74, 6) is 6.06. The van der Waals surface area contributed by atoms with Gasteiger partial charge in [-0.15, -0.1) is 0 Å². The van der Waals surface area contributed by atoms with Crippen LogP contribution in [0.1, 0.15) is 36.2 Å². The largest absolute Gasteiger partial charge is 0.395 e. The molecule has 0 spiro atoms. The van der Waals surface area contributed by atoms with Crippen molar-refractivity contribution in [1.82, 2.24) is 9.88 Å². The quantitative estimate of drug-likeness (QED) is 0.836. The smallest absolute Gasteiger partial charge is 0.254 e. The van der Waals surface area contributed by atoms with E-state index in [0.29, 0.717) is 30.0 Å². The lowest BCUT2D eigenvalue weighted by Crippen LogP contribution is -2.30. The molecule has 19 heavy (non-hydrogen) atoms. The summed E-state index contributed by atoms with van der Waals surface area (Å²) in [4.78, 5) is 18.0. The van der Waals surface area contributed by atoms with E-state index in [-0.39, 0.29) is 12.5 Å². The van der Waals surface area contributed by atoms with E-state index in [2.05, 4.69) is 30.7 Å². The van der Waals surface area contributed by atoms with E-state index in [1.54, 1.807) is 30.4 Å². The summed E-state index contributed by atoms with van der Waals surface area (Å²) < 4.78 is 0. The van der Waals surface area contributed by atoms with Gasteiger partial charge in [-0.3, -0.25) is 9.78 Å². The van der Waals surface area contributed by atoms with Gasteiger partial charge in [-0.05, 0) is 12.0 Å². The first-order chi connectivity index (χ1) is 9.06. The fourth-order valence-electron chi connectivity index (χ4n) is 1.73. The van der Waals surface area contributed by atoms with Crippen LogP contribution in [0.15, 0.2) is 18.5 Å². The number of hydrogen-bond donors (Lipinski definition) is 1. The highest BCUT2D eigenvalue weighted by Crippen LogP contribution is 2.10. The summed E-state index contributed by atoms with van der Waals surface area (Å²) in [5, 5.41) is 8.72. The van der Waals surface area contributed by atoms with E-state index in [4.69, 9.17) is 5.11 Å². The zero-order chi connectivity index (χ0) is 14.3. The van der Waals surface area contributed by atoms with E-state index >= 15 is 0 Å². The molecule has 102 valence electrons. The molecular weight excluding hydrogens is 240 g/mol. The molecule has 1 rings (SSSR count). The Labute approximate surface area is 114 Å². The van der Waals surface area contributed by atoms with E-state index in [0.717, 1.165) is 0 Å². The minimum Gasteiger partial charge on any atom is -0.395 e. The summed E-state index contributed by atoms with van der Waals surface area (Å²) in [5.41, 5.74) is 1.17. The van der Waals surface area contributed by atoms with Crippen LogP contribution in [0.25, 0.3) is 0 Å². The van der Waals surface area contributed by atoms with Gasteiger partial charge in [-0.1, -0.05) is 25.7 Å². The predicted molar refractivity (Wildman–Crippen MR) is 74.6 cm³/mol. The number of hydrogen-bond acceptors (Lipinski definition) is 3. The third kappa shape index (κ3) is 4.72. The molecule has 0 aromatic carbocycles.